The van der Waals surface area contributed by atoms with E-state index < -0.39 is 91.5 Å². The second kappa shape index (κ2) is 26.8. The zero-order valence-corrected chi connectivity index (χ0v) is 44.3. The Kier molecular flexibility index (Phi) is 21.0. The molecule has 73 heavy (non-hydrogen) atoms. The Balaban J connectivity index is 0.000000274. The Morgan fingerprint density at radius 2 is 1.62 bits per heavy atom. The number of fused-ring (bicyclic) bond motifs is 4. The van der Waals surface area contributed by atoms with Gasteiger partial charge in [-0.25, -0.2) is 9.37 Å². The van der Waals surface area contributed by atoms with Crippen LogP contribution in [0.2, 0.25) is 3.98 Å². The van der Waals surface area contributed by atoms with Crippen molar-refractivity contribution >= 4 is 96.6 Å². The first kappa shape index (κ1) is 57.2. The number of imide groups is 1. The number of hydrogen-bond donors (Lipinski definition) is 8. The van der Waals surface area contributed by atoms with E-state index in [-0.39, 0.29) is 43.9 Å². The quantitative estimate of drug-likeness (QED) is 0.0113. The van der Waals surface area contributed by atoms with Crippen LogP contribution in [-0.4, -0.2) is 178 Å². The number of pyridine rings is 2. The van der Waals surface area contributed by atoms with E-state index >= 15 is 0 Å². The van der Waals surface area contributed by atoms with Crippen LogP contribution in [0.5, 0.6) is 0 Å². The fraction of sp³-hybridized carbons (Fsp3) is 0.447. The van der Waals surface area contributed by atoms with Gasteiger partial charge in [0, 0.05) is 53.8 Å². The number of benzene rings is 1. The molecule has 2 aromatic heterocycles. The van der Waals surface area contributed by atoms with E-state index in [9.17, 15) is 57.1 Å². The van der Waals surface area contributed by atoms with Crippen molar-refractivity contribution in [2.45, 2.75) is 74.3 Å². The predicted octanol–water partition coefficient (Wildman–Crippen LogP) is -2.42. The smallest absolute Gasteiger partial charge is 0.480 e. The van der Waals surface area contributed by atoms with Gasteiger partial charge in [-0.2, -0.15) is 0 Å². The number of aliphatic carboxylic acids is 1. The monoisotopic (exact) mass is 1210 g/mol. The summed E-state index contributed by atoms with van der Waals surface area (Å²) in [7, 11) is 3.48. The summed E-state index contributed by atoms with van der Waals surface area (Å²) in [6.45, 7) is 1.36. The summed E-state index contributed by atoms with van der Waals surface area (Å²) >= 11 is 0.520. The van der Waals surface area contributed by atoms with Crippen molar-refractivity contribution < 1.29 is 66.9 Å². The van der Waals surface area contributed by atoms with Crippen molar-refractivity contribution in [1.82, 2.24) is 51.7 Å². The summed E-state index contributed by atoms with van der Waals surface area (Å²) < 4.78 is 26.9. The van der Waals surface area contributed by atoms with Gasteiger partial charge in [0.2, 0.25) is 0 Å². The van der Waals surface area contributed by atoms with Crippen molar-refractivity contribution in [3.8, 4) is 11.4 Å². The minimum absolute atomic E-state index is 0.0999. The molecule has 0 fully saturated rings. The number of methoxy groups -OCH3 is 1. The summed E-state index contributed by atoms with van der Waals surface area (Å²) in [4.78, 5) is 136. The summed E-state index contributed by atoms with van der Waals surface area (Å²) in [5.74, 6) is -7.12. The molecule has 2 aliphatic heterocycles. The van der Waals surface area contributed by atoms with Crippen molar-refractivity contribution in [3.05, 3.63) is 73.8 Å². The van der Waals surface area contributed by atoms with E-state index in [1.807, 2.05) is 27.0 Å². The van der Waals surface area contributed by atoms with Gasteiger partial charge >= 0.3 is 188 Å². The fourth-order valence-electron chi connectivity index (χ4n) is 8.57. The minimum Gasteiger partial charge on any atom is -0.480 e. The number of carbonyl (C=O) groups excluding carboxylic acids is 9. The Morgan fingerprint density at radius 1 is 0.945 bits per heavy atom. The third-order valence-corrected chi connectivity index (χ3v) is 13.8. The molecule has 4 unspecified atom stereocenters. The Morgan fingerprint density at radius 3 is 2.23 bits per heavy atom. The van der Waals surface area contributed by atoms with Gasteiger partial charge in [0.25, 0.3) is 17.4 Å². The first-order chi connectivity index (χ1) is 34.9. The molecule has 0 saturated heterocycles. The van der Waals surface area contributed by atoms with Gasteiger partial charge < -0.3 is 29.8 Å². The number of rotatable bonds is 25. The molecule has 3 radical (unpaired) electrons. The molecule has 3 aliphatic rings. The molecule has 7 amide bonds. The number of carboxylic acids is 1. The van der Waals surface area contributed by atoms with Gasteiger partial charge in [0.1, 0.15) is 12.1 Å². The molecule has 24 nitrogen and oxygen atoms in total. The van der Waals surface area contributed by atoms with E-state index in [0.29, 0.717) is 87.5 Å². The van der Waals surface area contributed by atoms with Crippen molar-refractivity contribution in [3.63, 3.8) is 0 Å². The molecule has 1 aliphatic carbocycles. The van der Waals surface area contributed by atoms with Crippen LogP contribution < -0.4 is 42.8 Å². The van der Waals surface area contributed by atoms with E-state index in [1.54, 1.807) is 11.7 Å². The molecule has 0 saturated carbocycles. The number of ether oxygens (including phenoxy) is 2. The first-order valence-corrected chi connectivity index (χ1v) is 25.7. The fourth-order valence-corrected chi connectivity index (χ4v) is 9.69. The number of nitrogens with one attached hydrogen (secondary N) is 7. The number of aryl methyl sites for hydroxylation is 1. The maximum absolute atomic E-state index is 14.8. The number of aromatic nitrogens is 2. The van der Waals surface area contributed by atoms with Crippen LogP contribution in [-0.2, 0) is 77.0 Å². The average Bonchev–Trinajstić information content (AvgIpc) is 3.91. The molecule has 3 aromatic rings. The Hall–Kier alpha value is -6.69. The molecular weight excluding hydrogens is 1150 g/mol. The summed E-state index contributed by atoms with van der Waals surface area (Å²) in [5, 5.41) is 27.1. The Bertz CT molecular complexity index is 2750. The number of carbonyl (C=O) groups is 10. The molecule has 0 bridgehead atoms. The number of hydrogen-bond acceptors (Lipinski definition) is 16. The standard InChI is InChI=1S/C26H28FN3O3.C21H28N7O11.Pb/c1-5-14(11-31)16-8-22-25-17(10-30(22)26(32)18(16)12-33-4)24-20(28-3)7-6-15-13(2)19(27)9-21(29-25)23(15)24;1-12(20(37)24-8-15(31)26-11-39-5-4-29)27-16(32)9-23-14(30)7-25-21(38)13(6-22-10-19(35)36)28-17(33)2-3-18(28)34;/h8-9,11,14,20,28H,5-7,10,12H2,1-4H3;2-4,12-13,22H,1,5-11H2,(H,23,30)(H,24,37)(H,25,38)(H,26,31)(H,27,32)(H,35,36);. The molecule has 6 rings (SSSR count). The van der Waals surface area contributed by atoms with Crippen molar-refractivity contribution in [2.24, 2.45) is 0 Å². The topological polar surface area (TPSA) is 332 Å². The number of carboxylic acid groups (broad SMARTS) is 1. The molecule has 1 aromatic carbocycles. The van der Waals surface area contributed by atoms with Gasteiger partial charge in [-0.15, -0.1) is 0 Å². The maximum atomic E-state index is 14.8. The second-order valence-electron chi connectivity index (χ2n) is 16.8. The van der Waals surface area contributed by atoms with E-state index in [1.165, 1.54) is 6.07 Å². The third kappa shape index (κ3) is 13.9. The normalized spacial score (nSPS) is 15.3. The Labute approximate surface area is 433 Å². The summed E-state index contributed by atoms with van der Waals surface area (Å²) in [6, 6.07) is 1.13. The van der Waals surface area contributed by atoms with E-state index in [4.69, 9.17) is 19.6 Å². The van der Waals surface area contributed by atoms with Gasteiger partial charge in [0.05, 0.1) is 36.6 Å². The molecule has 26 heteroatoms. The van der Waals surface area contributed by atoms with Crippen LogP contribution in [0.15, 0.2) is 29.1 Å². The van der Waals surface area contributed by atoms with Crippen LogP contribution in [0.4, 0.5) is 4.39 Å². The molecule has 0 spiro atoms. The van der Waals surface area contributed by atoms with E-state index in [0.717, 1.165) is 53.4 Å². The number of amides is 7. The molecular formula is C47H56FN10O14Pb. The van der Waals surface area contributed by atoms with Crippen LogP contribution in [0.3, 0.4) is 0 Å². The molecule has 4 heterocycles. The summed E-state index contributed by atoms with van der Waals surface area (Å²) in [5.41, 5.74) is 6.86. The zero-order chi connectivity index (χ0) is 53.5. The molecule has 4 atom stereocenters. The first-order valence-electron chi connectivity index (χ1n) is 23.0. The third-order valence-electron chi connectivity index (χ3n) is 12.2. The van der Waals surface area contributed by atoms with Crippen molar-refractivity contribution in [1.29, 1.82) is 0 Å². The van der Waals surface area contributed by atoms with Crippen LogP contribution in [0, 0.1) is 12.7 Å². The average molecular weight is 1210 g/mol. The minimum atomic E-state index is -1.44. The van der Waals surface area contributed by atoms with Crippen LogP contribution in [0.1, 0.15) is 65.1 Å². The zero-order valence-electron chi connectivity index (χ0n) is 40.4. The second-order valence-corrected chi connectivity index (χ2v) is 18.4. The number of nitrogens with zero attached hydrogens (tertiary/aromatic N) is 3. The van der Waals surface area contributed by atoms with Gasteiger partial charge in [-0.05, 0) is 61.6 Å². The number of aldehydes is 2. The predicted molar refractivity (Wildman–Crippen MR) is 257 cm³/mol. The number of halogens is 1. The van der Waals surface area contributed by atoms with Gasteiger partial charge in [-0.3, -0.25) is 19.2 Å². The van der Waals surface area contributed by atoms with Crippen molar-refractivity contribution in [2.75, 3.05) is 60.2 Å². The van der Waals surface area contributed by atoms with Crippen LogP contribution >= 0.6 is 0 Å². The van der Waals surface area contributed by atoms with Crippen LogP contribution in [0.25, 0.3) is 22.3 Å². The van der Waals surface area contributed by atoms with Gasteiger partial charge in [-0.1, -0.05) is 6.92 Å². The van der Waals surface area contributed by atoms with Gasteiger partial charge in [0.15, 0.2) is 0 Å². The SMILES string of the molecule is CCC(C=O)c1cc2n(c(=O)c1COC)Cc1c-2nc2cc(F)c(C)c3c2c1C(NC)CC3.O=CCOCNC(=O)CNC(=O)C([CH2][Pb])NC(=O)CNC(=O)CNC(=O)C(CNCC(=O)O)N1C(=O)C=CC1=O. The van der Waals surface area contributed by atoms with E-state index in [2.05, 4.69) is 37.2 Å². The molecule has 8 N–H and O–H groups in total. The summed E-state index contributed by atoms with van der Waals surface area (Å²) in [6.07, 6.45) is 5.51. The molecule has 389 valence electrons.